The van der Waals surface area contributed by atoms with Gasteiger partial charge in [0.25, 0.3) is 0 Å². The molecular weight excluding hydrogens is 395 g/mol. The van der Waals surface area contributed by atoms with Crippen molar-refractivity contribution in [3.05, 3.63) is 34.5 Å². The summed E-state index contributed by atoms with van der Waals surface area (Å²) in [6.45, 7) is 7.44. The Morgan fingerprint density at radius 2 is 2.03 bits per heavy atom. The number of azide groups is 1. The molecule has 1 unspecified atom stereocenters. The predicted octanol–water partition coefficient (Wildman–Crippen LogP) is 3.52. The minimum atomic E-state index is -0.605. The molecule has 2 aliphatic rings. The van der Waals surface area contributed by atoms with Crippen LogP contribution in [0.1, 0.15) is 20.8 Å². The van der Waals surface area contributed by atoms with E-state index in [2.05, 4.69) is 10.0 Å². The van der Waals surface area contributed by atoms with Gasteiger partial charge in [0.1, 0.15) is 17.5 Å². The molecule has 10 nitrogen and oxygen atoms in total. The molecule has 2 saturated heterocycles. The molecule has 1 atom stereocenters. The van der Waals surface area contributed by atoms with Crippen LogP contribution in [0.25, 0.3) is 10.4 Å². The van der Waals surface area contributed by atoms with Crippen LogP contribution in [0.2, 0.25) is 0 Å². The number of rotatable bonds is 4. The third kappa shape index (κ3) is 5.04. The van der Waals surface area contributed by atoms with Gasteiger partial charge in [-0.25, -0.2) is 14.0 Å². The topological polar surface area (TPSA) is 111 Å². The number of halogens is 1. The fourth-order valence-corrected chi connectivity index (χ4v) is 3.33. The third-order valence-electron chi connectivity index (χ3n) is 4.74. The first kappa shape index (κ1) is 21.5. The van der Waals surface area contributed by atoms with Gasteiger partial charge in [-0.2, -0.15) is 0 Å². The van der Waals surface area contributed by atoms with E-state index in [9.17, 15) is 14.0 Å². The summed E-state index contributed by atoms with van der Waals surface area (Å²) in [7, 11) is 0. The van der Waals surface area contributed by atoms with E-state index in [4.69, 9.17) is 15.0 Å². The third-order valence-corrected chi connectivity index (χ3v) is 4.74. The molecule has 3 rings (SSSR count). The van der Waals surface area contributed by atoms with Crippen LogP contribution in [0.15, 0.2) is 23.3 Å². The maximum Gasteiger partial charge on any atom is 0.414 e. The minimum absolute atomic E-state index is 0.0290. The van der Waals surface area contributed by atoms with Crippen LogP contribution in [-0.4, -0.2) is 68.1 Å². The van der Waals surface area contributed by atoms with Crippen LogP contribution in [0, 0.1) is 5.82 Å². The van der Waals surface area contributed by atoms with E-state index >= 15 is 0 Å². The van der Waals surface area contributed by atoms with E-state index in [1.54, 1.807) is 17.0 Å². The van der Waals surface area contributed by atoms with E-state index in [0.29, 0.717) is 37.6 Å². The van der Waals surface area contributed by atoms with Crippen molar-refractivity contribution in [2.75, 3.05) is 49.1 Å². The molecule has 2 amide bonds. The van der Waals surface area contributed by atoms with Gasteiger partial charge in [-0.05, 0) is 44.5 Å². The van der Waals surface area contributed by atoms with Crippen molar-refractivity contribution in [3.63, 3.8) is 0 Å². The first-order valence-corrected chi connectivity index (χ1v) is 9.69. The highest BCUT2D eigenvalue weighted by atomic mass is 19.1. The number of hydrogen-bond acceptors (Lipinski definition) is 6. The zero-order valence-electron chi connectivity index (χ0n) is 17.2. The number of ether oxygens (including phenoxy) is 2. The Morgan fingerprint density at radius 1 is 1.33 bits per heavy atom. The van der Waals surface area contributed by atoms with E-state index in [1.165, 1.54) is 11.0 Å². The number of carbonyl (C=O) groups excluding carboxylic acids is 2. The quantitative estimate of drug-likeness (QED) is 0.420. The van der Waals surface area contributed by atoms with Gasteiger partial charge in [0, 0.05) is 31.1 Å². The summed E-state index contributed by atoms with van der Waals surface area (Å²) in [6.07, 6.45) is -1.54. The van der Waals surface area contributed by atoms with Gasteiger partial charge in [0.2, 0.25) is 0 Å². The van der Waals surface area contributed by atoms with Crippen molar-refractivity contribution in [1.29, 1.82) is 0 Å². The van der Waals surface area contributed by atoms with Gasteiger partial charge in [-0.15, -0.1) is 0 Å². The van der Waals surface area contributed by atoms with Crippen LogP contribution < -0.4 is 9.80 Å². The van der Waals surface area contributed by atoms with Crippen LogP contribution >= 0.6 is 0 Å². The first-order chi connectivity index (χ1) is 14.2. The highest BCUT2D eigenvalue weighted by molar-refractivity contribution is 5.90. The Kier molecular flexibility index (Phi) is 6.21. The molecule has 1 aromatic rings. The molecule has 30 heavy (non-hydrogen) atoms. The SMILES string of the molecule is CC(C)(C)OC(=O)N1CCN(c2ccc(N3CC(CN=[N+]=[N-])OC3=O)cc2F)CC1. The van der Waals surface area contributed by atoms with E-state index in [-0.39, 0.29) is 19.2 Å². The first-order valence-electron chi connectivity index (χ1n) is 9.69. The van der Waals surface area contributed by atoms with Crippen LogP contribution in [0.3, 0.4) is 0 Å². The molecule has 0 N–H and O–H groups in total. The number of benzene rings is 1. The molecule has 0 bridgehead atoms. The Bertz CT molecular complexity index is 859. The molecule has 0 spiro atoms. The summed E-state index contributed by atoms with van der Waals surface area (Å²) in [4.78, 5) is 31.6. The fraction of sp³-hybridized carbons (Fsp3) is 0.579. The number of anilines is 2. The Labute approximate surface area is 173 Å². The minimum Gasteiger partial charge on any atom is -0.444 e. The van der Waals surface area contributed by atoms with E-state index < -0.39 is 23.6 Å². The molecule has 0 radical (unpaired) electrons. The zero-order chi connectivity index (χ0) is 21.9. The number of carbonyl (C=O) groups is 2. The predicted molar refractivity (Wildman–Crippen MR) is 108 cm³/mol. The molecule has 0 saturated carbocycles. The number of hydrogen-bond donors (Lipinski definition) is 0. The molecule has 2 aliphatic heterocycles. The molecule has 0 aromatic heterocycles. The Hall–Kier alpha value is -3.20. The van der Waals surface area contributed by atoms with Crippen molar-refractivity contribution in [3.8, 4) is 0 Å². The zero-order valence-corrected chi connectivity index (χ0v) is 17.2. The summed E-state index contributed by atoms with van der Waals surface area (Å²) in [5.74, 6) is -0.468. The summed E-state index contributed by atoms with van der Waals surface area (Å²) in [5.41, 5.74) is 8.60. The van der Waals surface area contributed by atoms with Gasteiger partial charge in [-0.1, -0.05) is 5.11 Å². The number of cyclic esters (lactones) is 1. The smallest absolute Gasteiger partial charge is 0.414 e. The molecule has 1 aromatic carbocycles. The Balaban J connectivity index is 1.62. The standard InChI is InChI=1S/C19H25FN6O4/c1-19(2,3)30-17(27)25-8-6-24(7-9-25)16-5-4-13(10-15(16)20)26-12-14(11-22-23-21)29-18(26)28/h4-5,10,14H,6-9,11-12H2,1-3H3. The monoisotopic (exact) mass is 420 g/mol. The second-order valence-electron chi connectivity index (χ2n) is 8.12. The maximum atomic E-state index is 14.8. The van der Waals surface area contributed by atoms with Crippen LogP contribution in [0.5, 0.6) is 0 Å². The highest BCUT2D eigenvalue weighted by Crippen LogP contribution is 2.28. The van der Waals surface area contributed by atoms with Gasteiger partial charge in [-0.3, -0.25) is 4.90 Å². The summed E-state index contributed by atoms with van der Waals surface area (Å²) < 4.78 is 25.3. The second-order valence-corrected chi connectivity index (χ2v) is 8.12. The summed E-state index contributed by atoms with van der Waals surface area (Å²) >= 11 is 0. The molecular formula is C19H25FN6O4. The Morgan fingerprint density at radius 3 is 2.63 bits per heavy atom. The van der Waals surface area contributed by atoms with Crippen molar-refractivity contribution in [2.24, 2.45) is 5.11 Å². The molecule has 11 heteroatoms. The average molecular weight is 420 g/mol. The van der Waals surface area contributed by atoms with Crippen molar-refractivity contribution >= 4 is 23.6 Å². The molecule has 2 heterocycles. The summed E-state index contributed by atoms with van der Waals surface area (Å²) in [6, 6.07) is 4.55. The lowest BCUT2D eigenvalue weighted by Crippen LogP contribution is -2.50. The highest BCUT2D eigenvalue weighted by Gasteiger charge is 2.33. The lowest BCUT2D eigenvalue weighted by molar-refractivity contribution is 0.0240. The maximum absolute atomic E-state index is 14.8. The van der Waals surface area contributed by atoms with Crippen molar-refractivity contribution in [2.45, 2.75) is 32.5 Å². The van der Waals surface area contributed by atoms with Gasteiger partial charge < -0.3 is 19.3 Å². The van der Waals surface area contributed by atoms with E-state index in [1.807, 2.05) is 25.7 Å². The van der Waals surface area contributed by atoms with Gasteiger partial charge in [0.05, 0.1) is 24.5 Å². The van der Waals surface area contributed by atoms with Crippen molar-refractivity contribution < 1.29 is 23.5 Å². The average Bonchev–Trinajstić information content (AvgIpc) is 3.05. The fourth-order valence-electron chi connectivity index (χ4n) is 3.33. The van der Waals surface area contributed by atoms with E-state index in [0.717, 1.165) is 0 Å². The summed E-state index contributed by atoms with van der Waals surface area (Å²) in [5, 5.41) is 3.41. The van der Waals surface area contributed by atoms with Gasteiger partial charge >= 0.3 is 12.2 Å². The van der Waals surface area contributed by atoms with Crippen molar-refractivity contribution in [1.82, 2.24) is 4.90 Å². The molecule has 0 aliphatic carbocycles. The lowest BCUT2D eigenvalue weighted by Gasteiger charge is -2.37. The molecule has 2 fully saturated rings. The van der Waals surface area contributed by atoms with Crippen LogP contribution in [0.4, 0.5) is 25.4 Å². The largest absolute Gasteiger partial charge is 0.444 e. The number of amides is 2. The normalized spacial score (nSPS) is 19.4. The van der Waals surface area contributed by atoms with Gasteiger partial charge in [0.15, 0.2) is 0 Å². The second kappa shape index (κ2) is 8.66. The number of piperazine rings is 1. The van der Waals surface area contributed by atoms with Crippen LogP contribution in [-0.2, 0) is 9.47 Å². The number of nitrogens with zero attached hydrogens (tertiary/aromatic N) is 6. The lowest BCUT2D eigenvalue weighted by atomic mass is 10.2. The molecule has 162 valence electrons.